The average molecular weight is 318 g/mol. The Morgan fingerprint density at radius 3 is 2.42 bits per heavy atom. The molecular formula is C13H13Cl2NO2S. The first-order chi connectivity index (χ1) is 9.13. The van der Waals surface area contributed by atoms with Crippen LogP contribution in [0.25, 0.3) is 0 Å². The first-order valence-corrected chi connectivity index (χ1v) is 7.11. The monoisotopic (exact) mass is 317 g/mol. The molecule has 1 heterocycles. The molecule has 3 nitrogen and oxygen atoms in total. The smallest absolute Gasteiger partial charge is 0.145 e. The summed E-state index contributed by atoms with van der Waals surface area (Å²) in [7, 11) is 3.18. The molecule has 0 radical (unpaired) electrons. The van der Waals surface area contributed by atoms with E-state index < -0.39 is 0 Å². The van der Waals surface area contributed by atoms with Gasteiger partial charge in [0, 0.05) is 17.5 Å². The van der Waals surface area contributed by atoms with Crippen LogP contribution in [0.2, 0.25) is 9.36 Å². The number of ether oxygens (including phenoxy) is 2. The van der Waals surface area contributed by atoms with Gasteiger partial charge in [-0.2, -0.15) is 0 Å². The number of thiophene rings is 1. The largest absolute Gasteiger partial charge is 0.495 e. The van der Waals surface area contributed by atoms with Crippen molar-refractivity contribution in [2.45, 2.75) is 6.54 Å². The van der Waals surface area contributed by atoms with E-state index in [9.17, 15) is 0 Å². The average Bonchev–Trinajstić information content (AvgIpc) is 2.82. The van der Waals surface area contributed by atoms with Gasteiger partial charge in [0.1, 0.15) is 11.5 Å². The van der Waals surface area contributed by atoms with Gasteiger partial charge in [0.15, 0.2) is 0 Å². The number of methoxy groups -OCH3 is 2. The van der Waals surface area contributed by atoms with E-state index in [1.165, 1.54) is 11.3 Å². The molecule has 0 aliphatic heterocycles. The molecule has 0 saturated heterocycles. The SMILES string of the molecule is COc1cc(OC)c(NCc2ccc(Cl)s2)cc1Cl. The van der Waals surface area contributed by atoms with E-state index in [0.717, 1.165) is 14.9 Å². The lowest BCUT2D eigenvalue weighted by atomic mass is 10.2. The summed E-state index contributed by atoms with van der Waals surface area (Å²) in [5, 5.41) is 3.81. The van der Waals surface area contributed by atoms with Crippen LogP contribution in [0.4, 0.5) is 5.69 Å². The van der Waals surface area contributed by atoms with Crippen LogP contribution in [0, 0.1) is 0 Å². The van der Waals surface area contributed by atoms with Crippen LogP contribution in [-0.4, -0.2) is 14.2 Å². The van der Waals surface area contributed by atoms with Gasteiger partial charge in [-0.05, 0) is 18.2 Å². The lowest BCUT2D eigenvalue weighted by molar-refractivity contribution is 0.395. The Morgan fingerprint density at radius 2 is 1.84 bits per heavy atom. The zero-order valence-electron chi connectivity index (χ0n) is 10.5. The van der Waals surface area contributed by atoms with Crippen molar-refractivity contribution < 1.29 is 9.47 Å². The molecule has 19 heavy (non-hydrogen) atoms. The van der Waals surface area contributed by atoms with E-state index in [1.54, 1.807) is 26.4 Å². The first kappa shape index (κ1) is 14.3. The molecule has 0 fully saturated rings. The van der Waals surface area contributed by atoms with Gasteiger partial charge < -0.3 is 14.8 Å². The Morgan fingerprint density at radius 1 is 1.11 bits per heavy atom. The zero-order chi connectivity index (χ0) is 13.8. The molecular weight excluding hydrogens is 305 g/mol. The Balaban J connectivity index is 2.17. The second-order valence-electron chi connectivity index (χ2n) is 3.75. The maximum absolute atomic E-state index is 6.11. The van der Waals surface area contributed by atoms with Crippen LogP contribution < -0.4 is 14.8 Å². The number of hydrogen-bond donors (Lipinski definition) is 1. The van der Waals surface area contributed by atoms with E-state index in [2.05, 4.69) is 5.32 Å². The molecule has 0 unspecified atom stereocenters. The van der Waals surface area contributed by atoms with Crippen LogP contribution in [0.5, 0.6) is 11.5 Å². The predicted molar refractivity (Wildman–Crippen MR) is 81.2 cm³/mol. The Labute approximate surface area is 126 Å². The maximum atomic E-state index is 6.11. The van der Waals surface area contributed by atoms with Gasteiger partial charge in [-0.25, -0.2) is 0 Å². The van der Waals surface area contributed by atoms with E-state index in [1.807, 2.05) is 12.1 Å². The number of anilines is 1. The molecule has 1 N–H and O–H groups in total. The van der Waals surface area contributed by atoms with Crippen LogP contribution in [0.3, 0.4) is 0 Å². The van der Waals surface area contributed by atoms with Crippen molar-refractivity contribution >= 4 is 40.2 Å². The highest BCUT2D eigenvalue weighted by molar-refractivity contribution is 7.16. The normalized spacial score (nSPS) is 10.3. The minimum atomic E-state index is 0.537. The van der Waals surface area contributed by atoms with E-state index >= 15 is 0 Å². The van der Waals surface area contributed by atoms with Crippen LogP contribution in [-0.2, 0) is 6.54 Å². The van der Waals surface area contributed by atoms with Crippen LogP contribution in [0.1, 0.15) is 4.88 Å². The van der Waals surface area contributed by atoms with Gasteiger partial charge >= 0.3 is 0 Å². The molecule has 0 aliphatic carbocycles. The molecule has 2 aromatic rings. The van der Waals surface area contributed by atoms with Crippen LogP contribution in [0.15, 0.2) is 24.3 Å². The van der Waals surface area contributed by atoms with Gasteiger partial charge in [0.2, 0.25) is 0 Å². The van der Waals surface area contributed by atoms with Crippen molar-refractivity contribution in [1.29, 1.82) is 0 Å². The number of nitrogens with one attached hydrogen (secondary N) is 1. The molecule has 0 saturated carbocycles. The molecule has 0 amide bonds. The number of halogens is 2. The molecule has 2 rings (SSSR count). The van der Waals surface area contributed by atoms with Crippen molar-refractivity contribution in [2.75, 3.05) is 19.5 Å². The summed E-state index contributed by atoms with van der Waals surface area (Å²) in [5.74, 6) is 1.27. The summed E-state index contributed by atoms with van der Waals surface area (Å²) in [5.41, 5.74) is 0.817. The summed E-state index contributed by atoms with van der Waals surface area (Å²) < 4.78 is 11.2. The van der Waals surface area contributed by atoms with Gasteiger partial charge in [-0.3, -0.25) is 0 Å². The van der Waals surface area contributed by atoms with E-state index in [4.69, 9.17) is 32.7 Å². The predicted octanol–water partition coefficient (Wildman–Crippen LogP) is 4.68. The standard InChI is InChI=1S/C13H13Cl2NO2S/c1-17-11-6-12(18-2)10(5-9(11)14)16-7-8-3-4-13(15)19-8/h3-6,16H,7H2,1-2H3. The lowest BCUT2D eigenvalue weighted by Gasteiger charge is -2.13. The minimum Gasteiger partial charge on any atom is -0.495 e. The van der Waals surface area contributed by atoms with Crippen molar-refractivity contribution in [3.63, 3.8) is 0 Å². The fraction of sp³-hybridized carbons (Fsp3) is 0.231. The molecule has 1 aromatic carbocycles. The lowest BCUT2D eigenvalue weighted by Crippen LogP contribution is -2.00. The molecule has 0 aliphatic rings. The van der Waals surface area contributed by atoms with Crippen molar-refractivity contribution in [3.8, 4) is 11.5 Å². The minimum absolute atomic E-state index is 0.537. The summed E-state index contributed by atoms with van der Waals surface area (Å²) >= 11 is 13.5. The molecule has 1 aromatic heterocycles. The van der Waals surface area contributed by atoms with Gasteiger partial charge in [-0.1, -0.05) is 23.2 Å². The second kappa shape index (κ2) is 6.37. The molecule has 6 heteroatoms. The summed E-state index contributed by atoms with van der Waals surface area (Å²) in [4.78, 5) is 1.14. The molecule has 0 atom stereocenters. The third kappa shape index (κ3) is 3.47. The first-order valence-electron chi connectivity index (χ1n) is 5.53. The highest BCUT2D eigenvalue weighted by Gasteiger charge is 2.10. The zero-order valence-corrected chi connectivity index (χ0v) is 12.8. The van der Waals surface area contributed by atoms with Crippen molar-refractivity contribution in [2.24, 2.45) is 0 Å². The van der Waals surface area contributed by atoms with Gasteiger partial charge in [0.25, 0.3) is 0 Å². The number of benzene rings is 1. The quantitative estimate of drug-likeness (QED) is 0.868. The highest BCUT2D eigenvalue weighted by Crippen LogP contribution is 2.36. The number of rotatable bonds is 5. The van der Waals surface area contributed by atoms with E-state index in [-0.39, 0.29) is 0 Å². The summed E-state index contributed by atoms with van der Waals surface area (Å²) in [6.07, 6.45) is 0. The van der Waals surface area contributed by atoms with Crippen LogP contribution >= 0.6 is 34.5 Å². The maximum Gasteiger partial charge on any atom is 0.145 e. The third-order valence-corrected chi connectivity index (χ3v) is 4.08. The fourth-order valence-corrected chi connectivity index (χ4v) is 2.90. The highest BCUT2D eigenvalue weighted by atomic mass is 35.5. The van der Waals surface area contributed by atoms with Gasteiger partial charge in [-0.15, -0.1) is 11.3 Å². The molecule has 0 spiro atoms. The Hall–Kier alpha value is -1.10. The summed E-state index contributed by atoms with van der Waals surface area (Å²) in [6, 6.07) is 7.40. The Bertz CT molecular complexity index is 572. The third-order valence-electron chi connectivity index (χ3n) is 2.56. The second-order valence-corrected chi connectivity index (χ2v) is 5.95. The van der Waals surface area contributed by atoms with Gasteiger partial charge in [0.05, 0.1) is 29.3 Å². The Kier molecular flexibility index (Phi) is 4.80. The topological polar surface area (TPSA) is 30.5 Å². The fourth-order valence-electron chi connectivity index (χ4n) is 1.63. The number of hydrogen-bond acceptors (Lipinski definition) is 4. The molecule has 0 bridgehead atoms. The summed E-state index contributed by atoms with van der Waals surface area (Å²) in [6.45, 7) is 0.663. The van der Waals surface area contributed by atoms with E-state index in [0.29, 0.717) is 23.1 Å². The van der Waals surface area contributed by atoms with Crippen molar-refractivity contribution in [1.82, 2.24) is 0 Å². The molecule has 102 valence electrons. The van der Waals surface area contributed by atoms with Crippen molar-refractivity contribution in [3.05, 3.63) is 38.5 Å².